The lowest BCUT2D eigenvalue weighted by molar-refractivity contribution is -0.141. The number of rotatable bonds is 17. The van der Waals surface area contributed by atoms with Crippen LogP contribution in [0.4, 0.5) is 0 Å². The minimum absolute atomic E-state index is 0.0635. The Morgan fingerprint density at radius 1 is 1.18 bits per heavy atom. The molecular formula is C41H69NO9. The first-order chi connectivity index (χ1) is 24.5. The number of cyclic esters (lactones) is 1. The number of methoxy groups -OCH3 is 2. The third kappa shape index (κ3) is 14.2. The number of fused-ring (bicyclic) bond motifs is 2. The lowest BCUT2D eigenvalue weighted by Gasteiger charge is -2.43. The summed E-state index contributed by atoms with van der Waals surface area (Å²) in [5.74, 6) is 1.88. The fourth-order valence-corrected chi connectivity index (χ4v) is 6.93. The van der Waals surface area contributed by atoms with Crippen LogP contribution < -0.4 is 4.74 Å². The lowest BCUT2D eigenvalue weighted by atomic mass is 9.72. The number of esters is 1. The highest BCUT2D eigenvalue weighted by atomic mass is 16.5. The maximum atomic E-state index is 12.7. The van der Waals surface area contributed by atoms with E-state index >= 15 is 0 Å². The number of carbonyl (C=O) groups excluding carboxylic acids is 1. The number of allylic oxidation sites excluding steroid dienone is 2. The SMILES string of the molecule is C=C(O)/C(=C\C=C/COC)OC.CC.CCCC(CC(O)CC(C)CO)N(C)C1c2cc(C)c(OCC3CCC3)cc2C[C@H]2C(=O)OCC12.CO. The van der Waals surface area contributed by atoms with Crippen LogP contribution in [0.1, 0.15) is 95.4 Å². The molecule has 4 rings (SSSR count). The molecule has 0 amide bonds. The van der Waals surface area contributed by atoms with Crippen LogP contribution in [0.15, 0.2) is 48.5 Å². The number of benzene rings is 1. The van der Waals surface area contributed by atoms with Gasteiger partial charge in [0.05, 0.1) is 39.0 Å². The van der Waals surface area contributed by atoms with Gasteiger partial charge in [-0.05, 0) is 93.2 Å². The van der Waals surface area contributed by atoms with Gasteiger partial charge in [0.1, 0.15) is 11.5 Å². The number of carbonyl (C=O) groups is 1. The van der Waals surface area contributed by atoms with Gasteiger partial charge in [-0.3, -0.25) is 9.69 Å². The molecule has 0 radical (unpaired) electrons. The van der Waals surface area contributed by atoms with E-state index in [9.17, 15) is 15.0 Å². The number of hydrogen-bond acceptors (Lipinski definition) is 10. The molecule has 2 aliphatic carbocycles. The maximum absolute atomic E-state index is 12.7. The molecule has 0 aromatic heterocycles. The van der Waals surface area contributed by atoms with Crippen molar-refractivity contribution in [3.63, 3.8) is 0 Å². The van der Waals surface area contributed by atoms with E-state index in [1.807, 2.05) is 20.8 Å². The Balaban J connectivity index is 0.000000688. The first-order valence-electron chi connectivity index (χ1n) is 18.7. The number of aliphatic hydroxyl groups excluding tert-OH is 4. The summed E-state index contributed by atoms with van der Waals surface area (Å²) in [6.07, 6.45) is 12.5. The van der Waals surface area contributed by atoms with Crippen LogP contribution in [0.5, 0.6) is 5.75 Å². The van der Waals surface area contributed by atoms with E-state index in [0.717, 1.165) is 37.9 Å². The van der Waals surface area contributed by atoms with Gasteiger partial charge >= 0.3 is 5.97 Å². The predicted molar refractivity (Wildman–Crippen MR) is 204 cm³/mol. The molecule has 4 N–H and O–H groups in total. The topological polar surface area (TPSA) is 138 Å². The molecule has 292 valence electrons. The first-order valence-corrected chi connectivity index (χ1v) is 18.7. The highest BCUT2D eigenvalue weighted by Crippen LogP contribution is 2.47. The van der Waals surface area contributed by atoms with Gasteiger partial charge in [-0.15, -0.1) is 0 Å². The highest BCUT2D eigenvalue weighted by molar-refractivity contribution is 5.76. The van der Waals surface area contributed by atoms with Crippen molar-refractivity contribution in [1.82, 2.24) is 4.90 Å². The van der Waals surface area contributed by atoms with Crippen LogP contribution >= 0.6 is 0 Å². The number of nitrogens with zero attached hydrogens (tertiary/aromatic N) is 1. The third-order valence-corrected chi connectivity index (χ3v) is 9.86. The van der Waals surface area contributed by atoms with Gasteiger partial charge in [0.25, 0.3) is 0 Å². The molecule has 2 fully saturated rings. The Labute approximate surface area is 308 Å². The van der Waals surface area contributed by atoms with Crippen molar-refractivity contribution in [3.8, 4) is 5.75 Å². The smallest absolute Gasteiger partial charge is 0.309 e. The average molecular weight is 720 g/mol. The largest absolute Gasteiger partial charge is 0.505 e. The fourth-order valence-electron chi connectivity index (χ4n) is 6.93. The zero-order chi connectivity index (χ0) is 38.5. The average Bonchev–Trinajstić information content (AvgIpc) is 3.47. The molecule has 1 aromatic carbocycles. The molecule has 1 saturated carbocycles. The lowest BCUT2D eigenvalue weighted by Crippen LogP contribution is -2.45. The van der Waals surface area contributed by atoms with Crippen LogP contribution in [0, 0.1) is 30.6 Å². The summed E-state index contributed by atoms with van der Waals surface area (Å²) in [4.78, 5) is 15.1. The maximum Gasteiger partial charge on any atom is 0.309 e. The number of aliphatic hydroxyl groups is 4. The van der Waals surface area contributed by atoms with Gasteiger partial charge < -0.3 is 39.4 Å². The Kier molecular flexibility index (Phi) is 22.7. The Hall–Kier alpha value is -2.89. The van der Waals surface area contributed by atoms with Gasteiger partial charge in [-0.2, -0.15) is 0 Å². The molecular weight excluding hydrogens is 650 g/mol. The minimum Gasteiger partial charge on any atom is -0.505 e. The second-order valence-electron chi connectivity index (χ2n) is 13.6. The van der Waals surface area contributed by atoms with Crippen molar-refractivity contribution in [2.24, 2.45) is 23.7 Å². The van der Waals surface area contributed by atoms with E-state index < -0.39 is 6.10 Å². The molecule has 1 aromatic rings. The van der Waals surface area contributed by atoms with Crippen molar-refractivity contribution < 1.29 is 44.2 Å². The van der Waals surface area contributed by atoms with Crippen LogP contribution in [-0.2, 0) is 25.4 Å². The Bertz CT molecular complexity index is 1210. The van der Waals surface area contributed by atoms with Crippen LogP contribution in [0.25, 0.3) is 0 Å². The molecule has 3 aliphatic rings. The zero-order valence-electron chi connectivity index (χ0n) is 32.9. The van der Waals surface area contributed by atoms with Crippen molar-refractivity contribution in [2.75, 3.05) is 54.8 Å². The quantitative estimate of drug-likeness (QED) is 0.0768. The normalized spacial score (nSPS) is 21.2. The van der Waals surface area contributed by atoms with Crippen LogP contribution in [0.2, 0.25) is 0 Å². The Morgan fingerprint density at radius 3 is 2.41 bits per heavy atom. The molecule has 0 bridgehead atoms. The summed E-state index contributed by atoms with van der Waals surface area (Å²) in [5, 5.41) is 36.1. The summed E-state index contributed by atoms with van der Waals surface area (Å²) in [6.45, 7) is 15.5. The zero-order valence-corrected chi connectivity index (χ0v) is 32.9. The molecule has 10 heteroatoms. The van der Waals surface area contributed by atoms with Gasteiger partial charge in [-0.25, -0.2) is 0 Å². The van der Waals surface area contributed by atoms with Gasteiger partial charge in [0.15, 0.2) is 5.76 Å². The van der Waals surface area contributed by atoms with E-state index in [-0.39, 0.29) is 48.2 Å². The van der Waals surface area contributed by atoms with E-state index in [0.29, 0.717) is 44.2 Å². The standard InChI is InChI=1S/C29H45NO5.C9H14O3.C2H6.CH4O/c1-5-7-22(14-23(32)10-18(2)15-31)30(4)28-24-11-19(3)27(34-16-20-8-6-9-20)13-21(24)12-25-26(28)17-35-29(25)33;1-8(10)9(12-3)6-4-5-7-11-2;2*1-2/h11,13,18,20,22-23,25-26,28,31-32H,5-10,12,14-17H2,1-4H3;4-6,10H,1,7H2,2-3H3;1-2H3;2H,1H3/b;5-4-,9-6+;;/t18?,22?,23?,25-,26?,28?;;;/m1.../s1. The molecule has 0 spiro atoms. The van der Waals surface area contributed by atoms with Gasteiger partial charge in [0, 0.05) is 38.8 Å². The first kappa shape index (κ1) is 46.1. The highest BCUT2D eigenvalue weighted by Gasteiger charge is 2.48. The molecule has 6 atom stereocenters. The second kappa shape index (κ2) is 25.1. The van der Waals surface area contributed by atoms with Crippen molar-refractivity contribution in [2.45, 2.75) is 104 Å². The van der Waals surface area contributed by atoms with E-state index in [2.05, 4.69) is 44.5 Å². The minimum atomic E-state index is -0.458. The van der Waals surface area contributed by atoms with Gasteiger partial charge in [-0.1, -0.05) is 65.3 Å². The van der Waals surface area contributed by atoms with E-state index in [1.54, 1.807) is 25.3 Å². The molecule has 10 nitrogen and oxygen atoms in total. The van der Waals surface area contributed by atoms with Gasteiger partial charge in [0.2, 0.25) is 0 Å². The molecule has 5 unspecified atom stereocenters. The van der Waals surface area contributed by atoms with Crippen LogP contribution in [0.3, 0.4) is 0 Å². The second-order valence-corrected chi connectivity index (χ2v) is 13.6. The summed E-state index contributed by atoms with van der Waals surface area (Å²) in [7, 11) is 6.23. The van der Waals surface area contributed by atoms with Crippen molar-refractivity contribution >= 4 is 5.97 Å². The van der Waals surface area contributed by atoms with E-state index in [4.69, 9.17) is 29.2 Å². The summed E-state index contributed by atoms with van der Waals surface area (Å²) in [5.41, 5.74) is 3.62. The molecule has 1 saturated heterocycles. The summed E-state index contributed by atoms with van der Waals surface area (Å²) in [6, 6.07) is 4.70. The molecule has 51 heavy (non-hydrogen) atoms. The summed E-state index contributed by atoms with van der Waals surface area (Å²) < 4.78 is 21.4. The number of hydrogen-bond donors (Lipinski definition) is 4. The predicted octanol–water partition coefficient (Wildman–Crippen LogP) is 6.86. The molecule has 1 aliphatic heterocycles. The number of ether oxygens (including phenoxy) is 4. The number of aryl methyl sites for hydroxylation is 1. The Morgan fingerprint density at radius 2 is 1.86 bits per heavy atom. The molecule has 1 heterocycles. The van der Waals surface area contributed by atoms with Crippen molar-refractivity contribution in [1.29, 1.82) is 0 Å². The van der Waals surface area contributed by atoms with Crippen molar-refractivity contribution in [3.05, 3.63) is 65.1 Å². The monoisotopic (exact) mass is 719 g/mol. The third-order valence-electron chi connectivity index (χ3n) is 9.86. The summed E-state index contributed by atoms with van der Waals surface area (Å²) >= 11 is 0. The van der Waals surface area contributed by atoms with Crippen LogP contribution in [-0.4, -0.2) is 98.2 Å². The fraction of sp³-hybridized carbons (Fsp3) is 0.683. The van der Waals surface area contributed by atoms with E-state index in [1.165, 1.54) is 37.5 Å².